The first kappa shape index (κ1) is 14.7. The highest BCUT2D eigenvalue weighted by atomic mass is 14.9. The van der Waals surface area contributed by atoms with Gasteiger partial charge in [0, 0.05) is 25.0 Å². The summed E-state index contributed by atoms with van der Waals surface area (Å²) in [6, 6.07) is 13.2. The van der Waals surface area contributed by atoms with Gasteiger partial charge in [0.2, 0.25) is 0 Å². The maximum absolute atomic E-state index is 4.22. The van der Waals surface area contributed by atoms with Gasteiger partial charge in [-0.15, -0.1) is 0 Å². The summed E-state index contributed by atoms with van der Waals surface area (Å²) in [5.41, 5.74) is 3.93. The largest absolute Gasteiger partial charge is 0.306 e. The standard InChI is InChI=1S/C18H24N2/c1-14(2)11-18(16-7-5-4-6-8-16)20-13-17-12-19-10-9-15(17)3/h4-10,12,14,18,20H,11,13H2,1-3H3. The molecule has 2 heteroatoms. The Balaban J connectivity index is 2.07. The molecule has 1 aromatic heterocycles. The van der Waals surface area contributed by atoms with Crippen LogP contribution in [0.5, 0.6) is 0 Å². The summed E-state index contributed by atoms with van der Waals surface area (Å²) in [7, 11) is 0. The number of hydrogen-bond donors (Lipinski definition) is 1. The highest BCUT2D eigenvalue weighted by Gasteiger charge is 2.13. The van der Waals surface area contributed by atoms with Crippen molar-refractivity contribution in [3.05, 3.63) is 65.5 Å². The zero-order valence-corrected chi connectivity index (χ0v) is 12.6. The third kappa shape index (κ3) is 4.17. The second-order valence-electron chi connectivity index (χ2n) is 5.78. The van der Waals surface area contributed by atoms with E-state index in [1.54, 1.807) is 0 Å². The Morgan fingerprint density at radius 3 is 2.50 bits per heavy atom. The Labute approximate surface area is 122 Å². The van der Waals surface area contributed by atoms with E-state index in [9.17, 15) is 0 Å². The Hall–Kier alpha value is -1.67. The first-order chi connectivity index (χ1) is 9.66. The lowest BCUT2D eigenvalue weighted by molar-refractivity contribution is 0.428. The molecule has 20 heavy (non-hydrogen) atoms. The van der Waals surface area contributed by atoms with Crippen molar-refractivity contribution in [2.45, 2.75) is 39.8 Å². The minimum Gasteiger partial charge on any atom is -0.306 e. The van der Waals surface area contributed by atoms with Crippen molar-refractivity contribution in [3.8, 4) is 0 Å². The lowest BCUT2D eigenvalue weighted by Gasteiger charge is -2.21. The van der Waals surface area contributed by atoms with Gasteiger partial charge in [0.05, 0.1) is 0 Å². The van der Waals surface area contributed by atoms with E-state index in [4.69, 9.17) is 0 Å². The van der Waals surface area contributed by atoms with Crippen LogP contribution in [-0.4, -0.2) is 4.98 Å². The second kappa shape index (κ2) is 7.20. The molecule has 0 fully saturated rings. The topological polar surface area (TPSA) is 24.9 Å². The van der Waals surface area contributed by atoms with Gasteiger partial charge in [0.15, 0.2) is 0 Å². The van der Waals surface area contributed by atoms with Gasteiger partial charge in [-0.2, -0.15) is 0 Å². The summed E-state index contributed by atoms with van der Waals surface area (Å²) in [4.78, 5) is 4.22. The molecule has 0 aliphatic heterocycles. The number of aromatic nitrogens is 1. The maximum atomic E-state index is 4.22. The minimum absolute atomic E-state index is 0.399. The highest BCUT2D eigenvalue weighted by molar-refractivity contribution is 5.23. The van der Waals surface area contributed by atoms with Crippen LogP contribution in [0.2, 0.25) is 0 Å². The van der Waals surface area contributed by atoms with Crippen LogP contribution < -0.4 is 5.32 Å². The Kier molecular flexibility index (Phi) is 5.31. The first-order valence-electron chi connectivity index (χ1n) is 7.34. The van der Waals surface area contributed by atoms with Gasteiger partial charge in [-0.25, -0.2) is 0 Å². The third-order valence-electron chi connectivity index (χ3n) is 3.60. The summed E-state index contributed by atoms with van der Waals surface area (Å²) in [6.07, 6.45) is 4.95. The minimum atomic E-state index is 0.399. The van der Waals surface area contributed by atoms with E-state index in [0.717, 1.165) is 13.0 Å². The van der Waals surface area contributed by atoms with Gasteiger partial charge < -0.3 is 5.32 Å². The molecule has 1 N–H and O–H groups in total. The van der Waals surface area contributed by atoms with E-state index in [1.165, 1.54) is 16.7 Å². The van der Waals surface area contributed by atoms with Crippen molar-refractivity contribution in [2.75, 3.05) is 0 Å². The van der Waals surface area contributed by atoms with Gasteiger partial charge in [-0.1, -0.05) is 44.2 Å². The van der Waals surface area contributed by atoms with Crippen LogP contribution in [0.3, 0.4) is 0 Å². The van der Waals surface area contributed by atoms with E-state index in [0.29, 0.717) is 12.0 Å². The Bertz CT molecular complexity index is 520. The molecule has 106 valence electrons. The van der Waals surface area contributed by atoms with Gasteiger partial charge in [0.1, 0.15) is 0 Å². The second-order valence-corrected chi connectivity index (χ2v) is 5.78. The fourth-order valence-electron chi connectivity index (χ4n) is 2.41. The average Bonchev–Trinajstić information content (AvgIpc) is 2.45. The van der Waals surface area contributed by atoms with Gasteiger partial charge in [-0.3, -0.25) is 4.98 Å². The van der Waals surface area contributed by atoms with Crippen molar-refractivity contribution >= 4 is 0 Å². The van der Waals surface area contributed by atoms with E-state index < -0.39 is 0 Å². The molecular formula is C18H24N2. The number of benzene rings is 1. The molecule has 0 amide bonds. The quantitative estimate of drug-likeness (QED) is 0.846. The van der Waals surface area contributed by atoms with Crippen molar-refractivity contribution in [1.82, 2.24) is 10.3 Å². The fourth-order valence-corrected chi connectivity index (χ4v) is 2.41. The van der Waals surface area contributed by atoms with Crippen LogP contribution in [-0.2, 0) is 6.54 Å². The van der Waals surface area contributed by atoms with E-state index in [-0.39, 0.29) is 0 Å². The van der Waals surface area contributed by atoms with E-state index in [2.05, 4.69) is 67.5 Å². The predicted octanol–water partition coefficient (Wildman–Crippen LogP) is 4.27. The summed E-state index contributed by atoms with van der Waals surface area (Å²) in [5, 5.41) is 3.68. The van der Waals surface area contributed by atoms with Crippen LogP contribution in [0.25, 0.3) is 0 Å². The molecule has 1 aromatic carbocycles. The molecule has 1 atom stereocenters. The van der Waals surface area contributed by atoms with Crippen LogP contribution in [0.15, 0.2) is 48.8 Å². The third-order valence-corrected chi connectivity index (χ3v) is 3.60. The lowest BCUT2D eigenvalue weighted by Crippen LogP contribution is -2.23. The number of hydrogen-bond acceptors (Lipinski definition) is 2. The monoisotopic (exact) mass is 268 g/mol. The number of pyridine rings is 1. The molecule has 2 rings (SSSR count). The molecule has 0 spiro atoms. The van der Waals surface area contributed by atoms with Crippen molar-refractivity contribution < 1.29 is 0 Å². The van der Waals surface area contributed by atoms with Gasteiger partial charge in [0.25, 0.3) is 0 Å². The molecule has 2 aromatic rings. The van der Waals surface area contributed by atoms with E-state index >= 15 is 0 Å². The normalized spacial score (nSPS) is 12.6. The zero-order valence-electron chi connectivity index (χ0n) is 12.6. The van der Waals surface area contributed by atoms with Crippen LogP contribution in [0, 0.1) is 12.8 Å². The number of nitrogens with one attached hydrogen (secondary N) is 1. The fraction of sp³-hybridized carbons (Fsp3) is 0.389. The van der Waals surface area contributed by atoms with Crippen LogP contribution in [0.4, 0.5) is 0 Å². The molecule has 1 heterocycles. The summed E-state index contributed by atoms with van der Waals surface area (Å²) in [5.74, 6) is 0.669. The summed E-state index contributed by atoms with van der Waals surface area (Å²) >= 11 is 0. The molecule has 0 aliphatic carbocycles. The van der Waals surface area contributed by atoms with Crippen molar-refractivity contribution in [1.29, 1.82) is 0 Å². The SMILES string of the molecule is Cc1ccncc1CNC(CC(C)C)c1ccccc1. The first-order valence-corrected chi connectivity index (χ1v) is 7.34. The zero-order chi connectivity index (χ0) is 14.4. The number of rotatable bonds is 6. The number of nitrogens with zero attached hydrogens (tertiary/aromatic N) is 1. The molecular weight excluding hydrogens is 244 g/mol. The average molecular weight is 268 g/mol. The molecule has 1 unspecified atom stereocenters. The van der Waals surface area contributed by atoms with Crippen LogP contribution in [0.1, 0.15) is 43.0 Å². The molecule has 2 nitrogen and oxygen atoms in total. The lowest BCUT2D eigenvalue weighted by atomic mass is 9.96. The molecule has 0 bridgehead atoms. The summed E-state index contributed by atoms with van der Waals surface area (Å²) < 4.78 is 0. The molecule has 0 saturated carbocycles. The van der Waals surface area contributed by atoms with Crippen molar-refractivity contribution in [2.24, 2.45) is 5.92 Å². The maximum Gasteiger partial charge on any atom is 0.0325 e. The summed E-state index contributed by atoms with van der Waals surface area (Å²) in [6.45, 7) is 7.55. The smallest absolute Gasteiger partial charge is 0.0325 e. The van der Waals surface area contributed by atoms with Crippen LogP contribution >= 0.6 is 0 Å². The number of aryl methyl sites for hydroxylation is 1. The predicted molar refractivity (Wildman–Crippen MR) is 84.5 cm³/mol. The Morgan fingerprint density at radius 1 is 1.10 bits per heavy atom. The molecule has 0 saturated heterocycles. The highest BCUT2D eigenvalue weighted by Crippen LogP contribution is 2.21. The van der Waals surface area contributed by atoms with Gasteiger partial charge in [-0.05, 0) is 42.0 Å². The van der Waals surface area contributed by atoms with E-state index in [1.807, 2.05) is 12.4 Å². The Morgan fingerprint density at radius 2 is 1.85 bits per heavy atom. The molecule has 0 aliphatic rings. The van der Waals surface area contributed by atoms with Crippen molar-refractivity contribution in [3.63, 3.8) is 0 Å². The van der Waals surface area contributed by atoms with Gasteiger partial charge >= 0.3 is 0 Å². The molecule has 0 radical (unpaired) electrons.